The van der Waals surface area contributed by atoms with Crippen LogP contribution in [0.2, 0.25) is 5.02 Å². The first-order chi connectivity index (χ1) is 13.0. The van der Waals surface area contributed by atoms with Crippen LogP contribution in [0.1, 0.15) is 15.9 Å². The van der Waals surface area contributed by atoms with Crippen LogP contribution in [-0.2, 0) is 0 Å². The van der Waals surface area contributed by atoms with Crippen LogP contribution in [-0.4, -0.2) is 21.0 Å². The van der Waals surface area contributed by atoms with Gasteiger partial charge in [-0.25, -0.2) is 0 Å². The van der Waals surface area contributed by atoms with Crippen LogP contribution >= 0.6 is 90.5 Å². The largest absolute Gasteiger partial charge is 0.339 e. The zero-order valence-electron chi connectivity index (χ0n) is 14.1. The second-order valence-corrected chi connectivity index (χ2v) is 10.6. The molecule has 1 amide bonds. The zero-order valence-corrected chi connectivity index (χ0v) is 21.1. The van der Waals surface area contributed by atoms with Crippen LogP contribution in [0.15, 0.2) is 45.3 Å². The Balaban J connectivity index is 2.16. The fourth-order valence-corrected chi connectivity index (χ4v) is 4.50. The Morgan fingerprint density at radius 1 is 1.14 bits per heavy atom. The van der Waals surface area contributed by atoms with Gasteiger partial charge in [0.25, 0.3) is 5.91 Å². The average molecular weight is 609 g/mol. The van der Waals surface area contributed by atoms with Gasteiger partial charge in [-0.3, -0.25) is 4.79 Å². The smallest absolute Gasteiger partial charge is 0.254 e. The molecule has 0 spiro atoms. The molecule has 4 nitrogen and oxygen atoms in total. The summed E-state index contributed by atoms with van der Waals surface area (Å²) < 4.78 is -0.184. The maximum atomic E-state index is 12.5. The lowest BCUT2D eigenvalue weighted by atomic mass is 10.2. The number of carbonyl (C=O) groups is 1. The molecule has 2 aromatic carbocycles. The van der Waals surface area contributed by atoms with E-state index < -0.39 is 15.9 Å². The molecule has 150 valence electrons. The molecule has 0 fully saturated rings. The lowest BCUT2D eigenvalue weighted by Crippen LogP contribution is -2.56. The Morgan fingerprint density at radius 3 is 2.36 bits per heavy atom. The molecule has 2 rings (SSSR count). The third-order valence-corrected chi connectivity index (χ3v) is 5.77. The minimum absolute atomic E-state index is 0.155. The number of alkyl halides is 3. The molecule has 0 heterocycles. The molecule has 0 aliphatic rings. The summed E-state index contributed by atoms with van der Waals surface area (Å²) >= 11 is 36.3. The SMILES string of the molecule is Cc1cc(Br)cc(Br)c1NC(=S)NC(NC(=O)c1ccccc1Cl)C(Cl)(Cl)Cl. The molecule has 0 aliphatic heterocycles. The van der Waals surface area contributed by atoms with Gasteiger partial charge in [0.05, 0.1) is 16.3 Å². The van der Waals surface area contributed by atoms with Crippen molar-refractivity contribution in [2.24, 2.45) is 0 Å². The number of amides is 1. The summed E-state index contributed by atoms with van der Waals surface area (Å²) in [5.41, 5.74) is 1.91. The Labute approximate surface area is 204 Å². The van der Waals surface area contributed by atoms with E-state index in [9.17, 15) is 4.79 Å². The van der Waals surface area contributed by atoms with E-state index in [1.54, 1.807) is 24.3 Å². The molecular weight excluding hydrogens is 596 g/mol. The van der Waals surface area contributed by atoms with Crippen molar-refractivity contribution >= 4 is 107 Å². The monoisotopic (exact) mass is 605 g/mol. The summed E-state index contributed by atoms with van der Waals surface area (Å²) in [4.78, 5) is 12.5. The summed E-state index contributed by atoms with van der Waals surface area (Å²) in [5.74, 6) is -0.516. The normalized spacial score (nSPS) is 12.2. The Kier molecular flexibility index (Phi) is 8.70. The van der Waals surface area contributed by atoms with E-state index in [-0.39, 0.29) is 15.7 Å². The minimum Gasteiger partial charge on any atom is -0.339 e. The first-order valence-electron chi connectivity index (χ1n) is 7.64. The molecule has 0 aromatic heterocycles. The fraction of sp³-hybridized carbons (Fsp3) is 0.176. The van der Waals surface area contributed by atoms with Crippen LogP contribution < -0.4 is 16.0 Å². The van der Waals surface area contributed by atoms with Crippen molar-refractivity contribution in [2.75, 3.05) is 5.32 Å². The third kappa shape index (κ3) is 6.62. The number of carbonyl (C=O) groups excluding carboxylic acids is 1. The quantitative estimate of drug-likeness (QED) is 0.208. The van der Waals surface area contributed by atoms with E-state index in [2.05, 4.69) is 47.8 Å². The highest BCUT2D eigenvalue weighted by atomic mass is 79.9. The van der Waals surface area contributed by atoms with Crippen LogP contribution in [0.3, 0.4) is 0 Å². The van der Waals surface area contributed by atoms with Gasteiger partial charge in [-0.2, -0.15) is 0 Å². The number of nitrogens with one attached hydrogen (secondary N) is 3. The lowest BCUT2D eigenvalue weighted by Gasteiger charge is -2.28. The van der Waals surface area contributed by atoms with Crippen LogP contribution in [0.25, 0.3) is 0 Å². The molecule has 1 atom stereocenters. The van der Waals surface area contributed by atoms with Crippen molar-refractivity contribution in [1.29, 1.82) is 0 Å². The maximum absolute atomic E-state index is 12.5. The van der Waals surface area contributed by atoms with Crippen LogP contribution in [0, 0.1) is 6.92 Å². The number of hydrogen-bond acceptors (Lipinski definition) is 2. The topological polar surface area (TPSA) is 53.2 Å². The first kappa shape index (κ1) is 24.0. The highest BCUT2D eigenvalue weighted by Gasteiger charge is 2.35. The van der Waals surface area contributed by atoms with E-state index in [1.807, 2.05) is 19.1 Å². The highest BCUT2D eigenvalue weighted by molar-refractivity contribution is 9.11. The number of rotatable bonds is 4. The molecule has 2 aromatic rings. The summed E-state index contributed by atoms with van der Waals surface area (Å²) in [6.07, 6.45) is -1.11. The number of halogens is 6. The lowest BCUT2D eigenvalue weighted by molar-refractivity contribution is 0.0934. The minimum atomic E-state index is -1.88. The highest BCUT2D eigenvalue weighted by Crippen LogP contribution is 2.32. The van der Waals surface area contributed by atoms with E-state index in [1.165, 1.54) is 0 Å². The molecule has 0 aliphatic carbocycles. The predicted molar refractivity (Wildman–Crippen MR) is 129 cm³/mol. The van der Waals surface area contributed by atoms with Crippen molar-refractivity contribution in [3.8, 4) is 0 Å². The van der Waals surface area contributed by atoms with E-state index in [4.69, 9.17) is 58.6 Å². The van der Waals surface area contributed by atoms with E-state index in [0.29, 0.717) is 0 Å². The predicted octanol–water partition coefficient (Wildman–Crippen LogP) is 6.59. The molecule has 28 heavy (non-hydrogen) atoms. The second-order valence-electron chi connectivity index (χ2n) is 5.61. The van der Waals surface area contributed by atoms with Gasteiger partial charge in [0, 0.05) is 8.95 Å². The van der Waals surface area contributed by atoms with Crippen LogP contribution in [0.4, 0.5) is 5.69 Å². The Morgan fingerprint density at radius 2 is 1.79 bits per heavy atom. The molecule has 11 heteroatoms. The fourth-order valence-electron chi connectivity index (χ4n) is 2.20. The molecule has 0 bridgehead atoms. The van der Waals surface area contributed by atoms with Gasteiger partial charge in [-0.05, 0) is 64.9 Å². The molecule has 0 saturated carbocycles. The van der Waals surface area contributed by atoms with Crippen molar-refractivity contribution in [1.82, 2.24) is 10.6 Å². The van der Waals surface area contributed by atoms with Crippen molar-refractivity contribution in [3.05, 3.63) is 61.5 Å². The van der Waals surface area contributed by atoms with E-state index >= 15 is 0 Å². The van der Waals surface area contributed by atoms with Gasteiger partial charge in [-0.15, -0.1) is 0 Å². The molecule has 0 saturated heterocycles. The number of thiocarbonyl (C=S) groups is 1. The van der Waals surface area contributed by atoms with Gasteiger partial charge in [0.15, 0.2) is 5.11 Å². The third-order valence-electron chi connectivity index (χ3n) is 3.49. The van der Waals surface area contributed by atoms with Gasteiger partial charge >= 0.3 is 0 Å². The summed E-state index contributed by atoms with van der Waals surface area (Å²) in [6.45, 7) is 1.91. The standard InChI is InChI=1S/C17H13Br2Cl4N3OS/c1-8-6-9(18)7-11(19)13(8)24-16(28)26-15(17(21,22)23)25-14(27)10-4-2-3-5-12(10)20/h2-7,15H,1H3,(H,25,27)(H2,24,26,28). The van der Waals surface area contributed by atoms with Crippen LogP contribution in [0.5, 0.6) is 0 Å². The number of anilines is 1. The van der Waals surface area contributed by atoms with Gasteiger partial charge in [0.2, 0.25) is 3.79 Å². The summed E-state index contributed by atoms with van der Waals surface area (Å²) in [6, 6.07) is 10.3. The number of benzene rings is 2. The Hall–Kier alpha value is -0.280. The molecule has 1 unspecified atom stereocenters. The molecule has 3 N–H and O–H groups in total. The number of aryl methyl sites for hydroxylation is 1. The van der Waals surface area contributed by atoms with Gasteiger partial charge in [0.1, 0.15) is 6.17 Å². The van der Waals surface area contributed by atoms with Crippen molar-refractivity contribution < 1.29 is 4.79 Å². The maximum Gasteiger partial charge on any atom is 0.254 e. The Bertz CT molecular complexity index is 885. The molecular formula is C17H13Br2Cl4N3OS. The van der Waals surface area contributed by atoms with Gasteiger partial charge in [-0.1, -0.05) is 74.5 Å². The van der Waals surface area contributed by atoms with E-state index in [0.717, 1.165) is 20.2 Å². The number of hydrogen-bond donors (Lipinski definition) is 3. The van der Waals surface area contributed by atoms with Gasteiger partial charge < -0.3 is 16.0 Å². The average Bonchev–Trinajstić information content (AvgIpc) is 2.57. The van der Waals surface area contributed by atoms with Crippen molar-refractivity contribution in [2.45, 2.75) is 16.9 Å². The summed E-state index contributed by atoms with van der Waals surface area (Å²) in [7, 11) is 0. The first-order valence-corrected chi connectivity index (χ1v) is 11.1. The van der Waals surface area contributed by atoms with Crippen molar-refractivity contribution in [3.63, 3.8) is 0 Å². The summed E-state index contributed by atoms with van der Waals surface area (Å²) in [5, 5.41) is 8.87. The molecule has 0 radical (unpaired) electrons. The zero-order chi connectivity index (χ0) is 21.1. The second kappa shape index (κ2) is 10.2.